The van der Waals surface area contributed by atoms with Crippen LogP contribution in [0.25, 0.3) is 0 Å². The fourth-order valence-corrected chi connectivity index (χ4v) is 5.36. The number of rotatable bonds is 15. The van der Waals surface area contributed by atoms with E-state index in [1.165, 1.54) is 19.4 Å². The predicted molar refractivity (Wildman–Crippen MR) is 153 cm³/mol. The Kier molecular flexibility index (Phi) is 12.2. The fraction of sp³-hybridized carbons (Fsp3) is 0.621. The number of esters is 2. The molecule has 0 spiro atoms. The smallest absolute Gasteiger partial charge is 0.419 e. The Hall–Kier alpha value is -3.62. The lowest BCUT2D eigenvalue weighted by Crippen LogP contribution is -2.40. The maximum Gasteiger partial charge on any atom is 0.419 e. The fourth-order valence-electron chi connectivity index (χ4n) is 4.52. The number of alkyl halides is 3. The Morgan fingerprint density at radius 1 is 1.07 bits per heavy atom. The number of nitrogens with zero attached hydrogens (tertiary/aromatic N) is 3. The molecular weight excluding hydrogens is 603 g/mol. The molecule has 1 aliphatic rings. The van der Waals surface area contributed by atoms with Crippen molar-refractivity contribution in [1.82, 2.24) is 25.6 Å². The van der Waals surface area contributed by atoms with Gasteiger partial charge in [0.15, 0.2) is 6.10 Å². The Bertz CT molecular complexity index is 1300. The van der Waals surface area contributed by atoms with Gasteiger partial charge in [-0.25, -0.2) is 15.0 Å². The van der Waals surface area contributed by atoms with Crippen molar-refractivity contribution in [2.24, 2.45) is 17.8 Å². The highest BCUT2D eigenvalue weighted by atomic mass is 32.1. The molecule has 3 rings (SSSR count). The zero-order chi connectivity index (χ0) is 32.6. The summed E-state index contributed by atoms with van der Waals surface area (Å²) in [7, 11) is 1.23. The van der Waals surface area contributed by atoms with Crippen LogP contribution in [0.5, 0.6) is 0 Å². The number of amides is 2. The van der Waals surface area contributed by atoms with Crippen LogP contribution in [0.1, 0.15) is 92.8 Å². The van der Waals surface area contributed by atoms with E-state index in [1.54, 1.807) is 6.92 Å². The van der Waals surface area contributed by atoms with E-state index in [9.17, 15) is 32.3 Å². The van der Waals surface area contributed by atoms with Gasteiger partial charge in [0.2, 0.25) is 5.91 Å². The van der Waals surface area contributed by atoms with Crippen LogP contribution in [-0.2, 0) is 36.5 Å². The van der Waals surface area contributed by atoms with Gasteiger partial charge in [0.25, 0.3) is 5.91 Å². The minimum absolute atomic E-state index is 0.0186. The van der Waals surface area contributed by atoms with Crippen molar-refractivity contribution >= 4 is 35.1 Å². The predicted octanol–water partition coefficient (Wildman–Crippen LogP) is 4.43. The number of aromatic nitrogens is 3. The minimum atomic E-state index is -4.60. The number of nitrogens with one attached hydrogen (secondary N) is 2. The molecule has 0 saturated heterocycles. The third-order valence-electron chi connectivity index (χ3n) is 7.17. The summed E-state index contributed by atoms with van der Waals surface area (Å²) in [5.41, 5.74) is -0.991. The van der Waals surface area contributed by atoms with Gasteiger partial charge in [-0.05, 0) is 31.1 Å². The molecule has 2 amide bonds. The Morgan fingerprint density at radius 2 is 1.73 bits per heavy atom. The molecule has 0 radical (unpaired) electrons. The number of hydrogen-bond donors (Lipinski definition) is 2. The standard InChI is InChI=1S/C29H38F3N5O6S/c1-15(2)21(36-25(39)9-18-6-7-18)11-23(43-17(4)38)27-37-22(14-44-27)26(40)35-20(8-16(3)28(41)42-5)10-24-33-12-19(13-34-24)29(30,31)32/h12-16,18,20-21,23H,6-11H2,1-5H3,(H,35,40)(H,36,39)/t16-,20+,21?,23+/m0/s1. The van der Waals surface area contributed by atoms with Crippen molar-refractivity contribution in [3.8, 4) is 0 Å². The van der Waals surface area contributed by atoms with Crippen molar-refractivity contribution in [3.63, 3.8) is 0 Å². The largest absolute Gasteiger partial charge is 0.469 e. The highest BCUT2D eigenvalue weighted by Gasteiger charge is 2.32. The first-order chi connectivity index (χ1) is 20.7. The van der Waals surface area contributed by atoms with Gasteiger partial charge in [-0.2, -0.15) is 13.2 Å². The van der Waals surface area contributed by atoms with Gasteiger partial charge in [0, 0.05) is 56.0 Å². The average molecular weight is 642 g/mol. The lowest BCUT2D eigenvalue weighted by Gasteiger charge is -2.26. The van der Waals surface area contributed by atoms with Crippen molar-refractivity contribution in [3.05, 3.63) is 39.9 Å². The Morgan fingerprint density at radius 3 is 2.27 bits per heavy atom. The molecule has 1 unspecified atom stereocenters. The number of carbonyl (C=O) groups is 4. The summed E-state index contributed by atoms with van der Waals surface area (Å²) in [5, 5.41) is 7.66. The summed E-state index contributed by atoms with van der Waals surface area (Å²) < 4.78 is 49.1. The topological polar surface area (TPSA) is 149 Å². The summed E-state index contributed by atoms with van der Waals surface area (Å²) in [4.78, 5) is 61.7. The second kappa shape index (κ2) is 15.4. The van der Waals surface area contributed by atoms with Crippen LogP contribution in [0.4, 0.5) is 13.2 Å². The van der Waals surface area contributed by atoms with E-state index in [0.29, 0.717) is 29.7 Å². The van der Waals surface area contributed by atoms with E-state index < -0.39 is 47.6 Å². The second-order valence-corrected chi connectivity index (χ2v) is 12.3. The van der Waals surface area contributed by atoms with E-state index in [1.807, 2.05) is 13.8 Å². The molecule has 242 valence electrons. The van der Waals surface area contributed by atoms with Crippen LogP contribution in [0, 0.1) is 17.8 Å². The maximum atomic E-state index is 13.3. The number of halogens is 3. The average Bonchev–Trinajstić information content (AvgIpc) is 3.61. The van der Waals surface area contributed by atoms with Crippen LogP contribution < -0.4 is 10.6 Å². The quantitative estimate of drug-likeness (QED) is 0.269. The number of hydrogen-bond acceptors (Lipinski definition) is 10. The summed E-state index contributed by atoms with van der Waals surface area (Å²) in [6.45, 7) is 6.76. The third kappa shape index (κ3) is 10.8. The normalized spacial score (nSPS) is 16.0. The van der Waals surface area contributed by atoms with E-state index in [-0.39, 0.29) is 48.6 Å². The van der Waals surface area contributed by atoms with Gasteiger partial charge in [-0.1, -0.05) is 20.8 Å². The second-order valence-electron chi connectivity index (χ2n) is 11.4. The molecule has 2 heterocycles. The summed E-state index contributed by atoms with van der Waals surface area (Å²) >= 11 is 1.11. The molecule has 1 saturated carbocycles. The molecule has 2 aromatic rings. The molecule has 15 heteroatoms. The molecule has 2 N–H and O–H groups in total. The number of ether oxygens (including phenoxy) is 2. The summed E-state index contributed by atoms with van der Waals surface area (Å²) in [6.07, 6.45) is -1.28. The molecule has 2 aromatic heterocycles. The zero-order valence-corrected chi connectivity index (χ0v) is 26.1. The first-order valence-corrected chi connectivity index (χ1v) is 15.2. The van der Waals surface area contributed by atoms with Crippen LogP contribution in [0.15, 0.2) is 17.8 Å². The van der Waals surface area contributed by atoms with E-state index in [0.717, 1.165) is 24.2 Å². The van der Waals surface area contributed by atoms with Crippen LogP contribution >= 0.6 is 11.3 Å². The minimum Gasteiger partial charge on any atom is -0.469 e. The van der Waals surface area contributed by atoms with Crippen LogP contribution in [-0.4, -0.2) is 57.9 Å². The SMILES string of the molecule is COC(=O)[C@@H](C)C[C@H](Cc1ncc(C(F)(F)F)cn1)NC(=O)c1csc([C@@H](CC(NC(=O)CC2CC2)C(C)C)OC(C)=O)n1. The monoisotopic (exact) mass is 641 g/mol. The Balaban J connectivity index is 1.75. The molecule has 4 atom stereocenters. The van der Waals surface area contributed by atoms with Crippen molar-refractivity contribution < 1.29 is 41.8 Å². The molecule has 44 heavy (non-hydrogen) atoms. The zero-order valence-electron chi connectivity index (χ0n) is 25.3. The van der Waals surface area contributed by atoms with Crippen molar-refractivity contribution in [1.29, 1.82) is 0 Å². The number of methoxy groups -OCH3 is 1. The first kappa shape index (κ1) is 34.9. The lowest BCUT2D eigenvalue weighted by molar-refractivity contribution is -0.147. The summed E-state index contributed by atoms with van der Waals surface area (Å²) in [6, 6.07) is -1.06. The highest BCUT2D eigenvalue weighted by molar-refractivity contribution is 7.09. The van der Waals surface area contributed by atoms with Crippen molar-refractivity contribution in [2.45, 2.75) is 90.6 Å². The van der Waals surface area contributed by atoms with E-state index in [4.69, 9.17) is 9.47 Å². The summed E-state index contributed by atoms with van der Waals surface area (Å²) in [5.74, 6) is -1.91. The molecule has 0 aliphatic heterocycles. The van der Waals surface area contributed by atoms with Gasteiger partial charge >= 0.3 is 18.1 Å². The molecule has 1 fully saturated rings. The highest BCUT2D eigenvalue weighted by Crippen LogP contribution is 2.33. The van der Waals surface area contributed by atoms with E-state index in [2.05, 4.69) is 25.6 Å². The number of carbonyl (C=O) groups excluding carboxylic acids is 4. The van der Waals surface area contributed by atoms with Crippen molar-refractivity contribution in [2.75, 3.05) is 7.11 Å². The van der Waals surface area contributed by atoms with Crippen LogP contribution in [0.2, 0.25) is 0 Å². The molecule has 1 aliphatic carbocycles. The van der Waals surface area contributed by atoms with Crippen LogP contribution in [0.3, 0.4) is 0 Å². The molecule has 0 aromatic carbocycles. The van der Waals surface area contributed by atoms with E-state index >= 15 is 0 Å². The van der Waals surface area contributed by atoms with Gasteiger partial charge in [-0.15, -0.1) is 11.3 Å². The Labute approximate surface area is 257 Å². The molecular formula is C29H38F3N5O6S. The van der Waals surface area contributed by atoms with Gasteiger partial charge in [0.1, 0.15) is 16.5 Å². The van der Waals surface area contributed by atoms with Gasteiger partial charge in [-0.3, -0.25) is 19.2 Å². The maximum absolute atomic E-state index is 13.3. The molecule has 0 bridgehead atoms. The lowest BCUT2D eigenvalue weighted by atomic mass is 9.97. The third-order valence-corrected chi connectivity index (χ3v) is 8.10. The molecule has 11 nitrogen and oxygen atoms in total. The van der Waals surface area contributed by atoms with Gasteiger partial charge in [0.05, 0.1) is 18.6 Å². The van der Waals surface area contributed by atoms with Gasteiger partial charge < -0.3 is 20.1 Å². The number of thiazole rings is 1. The first-order valence-electron chi connectivity index (χ1n) is 14.3.